The molecule has 168 valence electrons. The van der Waals surface area contributed by atoms with E-state index in [2.05, 4.69) is 22.8 Å². The molecule has 2 amide bonds. The monoisotopic (exact) mass is 444 g/mol. The second kappa shape index (κ2) is 9.99. The van der Waals surface area contributed by atoms with Crippen molar-refractivity contribution in [1.29, 1.82) is 0 Å². The Morgan fingerprint density at radius 3 is 2.03 bits per heavy atom. The van der Waals surface area contributed by atoms with E-state index in [0.29, 0.717) is 0 Å². The van der Waals surface area contributed by atoms with Gasteiger partial charge < -0.3 is 20.5 Å². The molecule has 33 heavy (non-hydrogen) atoms. The number of hydrogen-bond donors (Lipinski definition) is 3. The van der Waals surface area contributed by atoms with Crippen molar-refractivity contribution in [3.8, 4) is 11.1 Å². The van der Waals surface area contributed by atoms with Crippen molar-refractivity contribution in [3.05, 3.63) is 95.6 Å². The molecule has 1 aliphatic rings. The Morgan fingerprint density at radius 1 is 0.848 bits per heavy atom. The number of nitrogens with one attached hydrogen (secondary N) is 2. The number of amides is 2. The molecular weight excluding hydrogens is 420 g/mol. The van der Waals surface area contributed by atoms with Crippen LogP contribution < -0.4 is 10.6 Å². The van der Waals surface area contributed by atoms with E-state index in [1.807, 2.05) is 42.5 Å². The zero-order chi connectivity index (χ0) is 23.2. The molecule has 0 fully saturated rings. The molecule has 0 saturated heterocycles. The summed E-state index contributed by atoms with van der Waals surface area (Å²) in [7, 11) is 0. The van der Waals surface area contributed by atoms with Crippen molar-refractivity contribution in [2.45, 2.75) is 18.4 Å². The number of fused-ring (bicyclic) bond motifs is 3. The minimum atomic E-state index is -1.14. The molecule has 0 heterocycles. The first kappa shape index (κ1) is 22.1. The van der Waals surface area contributed by atoms with Crippen LogP contribution in [0.3, 0.4) is 0 Å². The van der Waals surface area contributed by atoms with E-state index >= 15 is 0 Å². The quantitative estimate of drug-likeness (QED) is 0.489. The van der Waals surface area contributed by atoms with E-state index in [9.17, 15) is 14.4 Å². The highest BCUT2D eigenvalue weighted by molar-refractivity contribution is 5.82. The van der Waals surface area contributed by atoms with Crippen LogP contribution in [0.2, 0.25) is 0 Å². The fourth-order valence-corrected chi connectivity index (χ4v) is 4.15. The highest BCUT2D eigenvalue weighted by atomic mass is 16.5. The van der Waals surface area contributed by atoms with Crippen molar-refractivity contribution < 1.29 is 24.2 Å². The summed E-state index contributed by atoms with van der Waals surface area (Å²) in [5, 5.41) is 13.8. The minimum absolute atomic E-state index is 0.0720. The number of benzene rings is 3. The van der Waals surface area contributed by atoms with Gasteiger partial charge in [0.15, 0.2) is 0 Å². The zero-order valence-electron chi connectivity index (χ0n) is 17.9. The number of carboxylic acid groups (broad SMARTS) is 1. The van der Waals surface area contributed by atoms with Crippen LogP contribution in [0.25, 0.3) is 11.1 Å². The van der Waals surface area contributed by atoms with Crippen molar-refractivity contribution in [2.24, 2.45) is 0 Å². The highest BCUT2D eigenvalue weighted by Crippen LogP contribution is 2.44. The van der Waals surface area contributed by atoms with Crippen LogP contribution in [-0.4, -0.2) is 36.2 Å². The summed E-state index contributed by atoms with van der Waals surface area (Å²) in [6, 6.07) is 24.5. The highest BCUT2D eigenvalue weighted by Gasteiger charge is 2.29. The lowest BCUT2D eigenvalue weighted by atomic mass is 9.98. The molecule has 0 aromatic heterocycles. The smallest absolute Gasteiger partial charge is 0.407 e. The van der Waals surface area contributed by atoms with Crippen LogP contribution in [0.1, 0.15) is 35.1 Å². The van der Waals surface area contributed by atoms with E-state index in [-0.39, 0.29) is 18.9 Å². The predicted octanol–water partition coefficient (Wildman–Crippen LogP) is 3.86. The molecule has 0 saturated carbocycles. The Bertz CT molecular complexity index is 1120. The summed E-state index contributed by atoms with van der Waals surface area (Å²) in [5.41, 5.74) is 5.22. The number of aliphatic carboxylic acids is 1. The van der Waals surface area contributed by atoms with E-state index in [1.54, 1.807) is 24.3 Å². The van der Waals surface area contributed by atoms with Crippen molar-refractivity contribution in [3.63, 3.8) is 0 Å². The van der Waals surface area contributed by atoms with Gasteiger partial charge in [0.2, 0.25) is 5.91 Å². The Balaban J connectivity index is 1.44. The van der Waals surface area contributed by atoms with Gasteiger partial charge in [-0.1, -0.05) is 78.9 Å². The van der Waals surface area contributed by atoms with E-state index < -0.39 is 30.6 Å². The molecule has 0 radical (unpaired) electrons. The average Bonchev–Trinajstić information content (AvgIpc) is 3.15. The minimum Gasteiger partial charge on any atom is -0.480 e. The van der Waals surface area contributed by atoms with Gasteiger partial charge in [-0.05, 0) is 27.8 Å². The molecule has 1 unspecified atom stereocenters. The van der Waals surface area contributed by atoms with Crippen LogP contribution in [0.5, 0.6) is 0 Å². The molecule has 3 N–H and O–H groups in total. The fraction of sp³-hybridized carbons (Fsp3) is 0.192. The maximum absolute atomic E-state index is 12.7. The molecule has 3 aromatic rings. The van der Waals surface area contributed by atoms with Gasteiger partial charge in [-0.2, -0.15) is 0 Å². The maximum atomic E-state index is 12.7. The van der Waals surface area contributed by atoms with Crippen molar-refractivity contribution in [2.75, 3.05) is 13.2 Å². The third-order valence-electron chi connectivity index (χ3n) is 5.66. The lowest BCUT2D eigenvalue weighted by Crippen LogP contribution is -2.36. The summed E-state index contributed by atoms with van der Waals surface area (Å²) < 4.78 is 5.60. The average molecular weight is 444 g/mol. The number of carboxylic acids is 1. The Hall–Kier alpha value is -4.13. The molecular formula is C26H24N2O5. The SMILES string of the molecule is O=C(O)CNC(=O)CC(NC(=O)OCC1c2ccccc2-c2ccccc21)c1ccccc1. The lowest BCUT2D eigenvalue weighted by molar-refractivity contribution is -0.138. The number of ether oxygens (including phenoxy) is 1. The predicted molar refractivity (Wildman–Crippen MR) is 123 cm³/mol. The summed E-state index contributed by atoms with van der Waals surface area (Å²) >= 11 is 0. The van der Waals surface area contributed by atoms with Crippen LogP contribution in [0.4, 0.5) is 4.79 Å². The molecule has 1 atom stereocenters. The van der Waals surface area contributed by atoms with Gasteiger partial charge in [0.1, 0.15) is 13.2 Å². The van der Waals surface area contributed by atoms with Gasteiger partial charge in [-0.25, -0.2) is 4.79 Å². The molecule has 7 nitrogen and oxygen atoms in total. The Labute approximate surface area is 191 Å². The van der Waals surface area contributed by atoms with Crippen LogP contribution in [0, 0.1) is 0 Å². The molecule has 0 aliphatic heterocycles. The number of carbonyl (C=O) groups is 3. The summed E-state index contributed by atoms with van der Waals surface area (Å²) in [6.45, 7) is -0.322. The molecule has 3 aromatic carbocycles. The first-order valence-electron chi connectivity index (χ1n) is 10.7. The van der Waals surface area contributed by atoms with Gasteiger partial charge in [0.05, 0.1) is 12.5 Å². The molecule has 7 heteroatoms. The van der Waals surface area contributed by atoms with Crippen LogP contribution in [-0.2, 0) is 14.3 Å². The van der Waals surface area contributed by atoms with Crippen molar-refractivity contribution >= 4 is 18.0 Å². The second-order valence-corrected chi connectivity index (χ2v) is 7.81. The normalized spacial score (nSPS) is 12.8. The van der Waals surface area contributed by atoms with Crippen molar-refractivity contribution in [1.82, 2.24) is 10.6 Å². The van der Waals surface area contributed by atoms with E-state index in [4.69, 9.17) is 9.84 Å². The fourth-order valence-electron chi connectivity index (χ4n) is 4.15. The zero-order valence-corrected chi connectivity index (χ0v) is 17.9. The Kier molecular flexibility index (Phi) is 6.69. The Morgan fingerprint density at radius 2 is 1.42 bits per heavy atom. The number of rotatable bonds is 8. The third-order valence-corrected chi connectivity index (χ3v) is 5.66. The van der Waals surface area contributed by atoms with Crippen LogP contribution >= 0.6 is 0 Å². The maximum Gasteiger partial charge on any atom is 0.407 e. The number of hydrogen-bond acceptors (Lipinski definition) is 4. The topological polar surface area (TPSA) is 105 Å². The van der Waals surface area contributed by atoms with Gasteiger partial charge in [0, 0.05) is 5.92 Å². The summed E-state index contributed by atoms with van der Waals surface area (Å²) in [6.07, 6.45) is -0.752. The molecule has 0 bridgehead atoms. The second-order valence-electron chi connectivity index (χ2n) is 7.81. The summed E-state index contributed by atoms with van der Waals surface area (Å²) in [5.74, 6) is -1.69. The standard InChI is InChI=1S/C26H24N2O5/c29-24(27-15-25(30)31)14-23(17-8-2-1-3-9-17)28-26(32)33-16-22-20-12-6-4-10-18(20)19-11-5-7-13-21(19)22/h1-13,22-23H,14-16H2,(H,27,29)(H,28,32)(H,30,31). The number of carbonyl (C=O) groups excluding carboxylic acids is 2. The van der Waals surface area contributed by atoms with Crippen LogP contribution in [0.15, 0.2) is 78.9 Å². The third kappa shape index (κ3) is 5.20. The largest absolute Gasteiger partial charge is 0.480 e. The lowest BCUT2D eigenvalue weighted by Gasteiger charge is -2.20. The van der Waals surface area contributed by atoms with Gasteiger partial charge in [-0.3, -0.25) is 9.59 Å². The van der Waals surface area contributed by atoms with Gasteiger partial charge in [0.25, 0.3) is 0 Å². The van der Waals surface area contributed by atoms with Gasteiger partial charge >= 0.3 is 12.1 Å². The molecule has 4 rings (SSSR count). The first-order chi connectivity index (χ1) is 16.0. The first-order valence-corrected chi connectivity index (χ1v) is 10.7. The molecule has 1 aliphatic carbocycles. The van der Waals surface area contributed by atoms with E-state index in [0.717, 1.165) is 27.8 Å². The molecule has 0 spiro atoms. The van der Waals surface area contributed by atoms with E-state index in [1.165, 1.54) is 0 Å². The summed E-state index contributed by atoms with van der Waals surface area (Å²) in [4.78, 5) is 35.6. The van der Waals surface area contributed by atoms with Gasteiger partial charge in [-0.15, -0.1) is 0 Å². The number of alkyl carbamates (subject to hydrolysis) is 1.